The zero-order chi connectivity index (χ0) is 11.9. The van der Waals surface area contributed by atoms with E-state index in [1.165, 1.54) is 19.3 Å². The highest BCUT2D eigenvalue weighted by Crippen LogP contribution is 2.30. The summed E-state index contributed by atoms with van der Waals surface area (Å²) >= 11 is 0. The summed E-state index contributed by atoms with van der Waals surface area (Å²) in [6, 6.07) is 0. The SMILES string of the molecule is CCCCCC1(C)OCC(CCCCO)O1. The van der Waals surface area contributed by atoms with Crippen LogP contribution in [-0.4, -0.2) is 30.2 Å². The first kappa shape index (κ1) is 13.9. The molecule has 1 heterocycles. The Balaban J connectivity index is 2.16. The standard InChI is InChI=1S/C13H26O3/c1-3-4-6-9-13(2)15-11-12(16-13)8-5-7-10-14/h12,14H,3-11H2,1-2H3. The lowest BCUT2D eigenvalue weighted by molar-refractivity contribution is -0.159. The van der Waals surface area contributed by atoms with Crippen LogP contribution in [0.4, 0.5) is 0 Å². The first-order valence-electron chi connectivity index (χ1n) is 6.63. The van der Waals surface area contributed by atoms with Crippen molar-refractivity contribution in [2.24, 2.45) is 0 Å². The number of unbranched alkanes of at least 4 members (excludes halogenated alkanes) is 3. The molecule has 0 radical (unpaired) electrons. The molecule has 0 amide bonds. The van der Waals surface area contributed by atoms with Gasteiger partial charge in [-0.1, -0.05) is 19.8 Å². The van der Waals surface area contributed by atoms with Crippen molar-refractivity contribution in [3.63, 3.8) is 0 Å². The third-order valence-corrected chi connectivity index (χ3v) is 3.16. The molecule has 0 spiro atoms. The Hall–Kier alpha value is -0.120. The second-order valence-corrected chi connectivity index (χ2v) is 4.86. The Bertz CT molecular complexity index is 184. The summed E-state index contributed by atoms with van der Waals surface area (Å²) in [5.41, 5.74) is 0. The molecule has 0 aromatic carbocycles. The molecule has 1 saturated heterocycles. The highest BCUT2D eigenvalue weighted by Gasteiger charge is 2.35. The van der Waals surface area contributed by atoms with Gasteiger partial charge in [-0.2, -0.15) is 0 Å². The van der Waals surface area contributed by atoms with Crippen molar-refractivity contribution >= 4 is 0 Å². The zero-order valence-corrected chi connectivity index (χ0v) is 10.7. The van der Waals surface area contributed by atoms with E-state index in [-0.39, 0.29) is 18.5 Å². The molecule has 0 aliphatic carbocycles. The number of aliphatic hydroxyl groups excluding tert-OH is 1. The van der Waals surface area contributed by atoms with Gasteiger partial charge in [0.15, 0.2) is 5.79 Å². The Morgan fingerprint density at radius 3 is 2.75 bits per heavy atom. The molecule has 0 aromatic heterocycles. The Morgan fingerprint density at radius 1 is 1.25 bits per heavy atom. The highest BCUT2D eigenvalue weighted by molar-refractivity contribution is 4.75. The second kappa shape index (κ2) is 7.25. The minimum Gasteiger partial charge on any atom is -0.396 e. The molecule has 0 aromatic rings. The molecule has 1 fully saturated rings. The van der Waals surface area contributed by atoms with Gasteiger partial charge in [0, 0.05) is 13.0 Å². The van der Waals surface area contributed by atoms with Crippen LogP contribution in [0.25, 0.3) is 0 Å². The number of hydrogen-bond acceptors (Lipinski definition) is 3. The fraction of sp³-hybridized carbons (Fsp3) is 1.00. The topological polar surface area (TPSA) is 38.7 Å². The Morgan fingerprint density at radius 2 is 2.06 bits per heavy atom. The molecule has 1 N–H and O–H groups in total. The minimum atomic E-state index is -0.348. The predicted molar refractivity (Wildman–Crippen MR) is 64.3 cm³/mol. The summed E-state index contributed by atoms with van der Waals surface area (Å²) in [4.78, 5) is 0. The van der Waals surface area contributed by atoms with Crippen LogP contribution in [0.15, 0.2) is 0 Å². The maximum Gasteiger partial charge on any atom is 0.166 e. The van der Waals surface area contributed by atoms with Crippen LogP contribution in [0.3, 0.4) is 0 Å². The third kappa shape index (κ3) is 4.81. The van der Waals surface area contributed by atoms with Gasteiger partial charge < -0.3 is 14.6 Å². The van der Waals surface area contributed by atoms with Gasteiger partial charge in [-0.05, 0) is 32.6 Å². The minimum absolute atomic E-state index is 0.234. The fourth-order valence-electron chi connectivity index (χ4n) is 2.14. The van der Waals surface area contributed by atoms with Crippen molar-refractivity contribution in [3.05, 3.63) is 0 Å². The average molecular weight is 230 g/mol. The summed E-state index contributed by atoms with van der Waals surface area (Å²) in [5, 5.41) is 8.71. The van der Waals surface area contributed by atoms with Gasteiger partial charge in [0.05, 0.1) is 12.7 Å². The molecule has 2 atom stereocenters. The van der Waals surface area contributed by atoms with Gasteiger partial charge in [-0.25, -0.2) is 0 Å². The second-order valence-electron chi connectivity index (χ2n) is 4.86. The van der Waals surface area contributed by atoms with Crippen molar-refractivity contribution in [2.45, 2.75) is 70.7 Å². The first-order valence-corrected chi connectivity index (χ1v) is 6.63. The largest absolute Gasteiger partial charge is 0.396 e. The first-order chi connectivity index (χ1) is 7.70. The molecule has 3 nitrogen and oxygen atoms in total. The average Bonchev–Trinajstić information content (AvgIpc) is 2.62. The lowest BCUT2D eigenvalue weighted by Gasteiger charge is -2.23. The van der Waals surface area contributed by atoms with Crippen molar-refractivity contribution in [1.82, 2.24) is 0 Å². The van der Waals surface area contributed by atoms with Crippen LogP contribution in [-0.2, 0) is 9.47 Å². The highest BCUT2D eigenvalue weighted by atomic mass is 16.7. The third-order valence-electron chi connectivity index (χ3n) is 3.16. The number of ether oxygens (including phenoxy) is 2. The van der Waals surface area contributed by atoms with E-state index in [0.717, 1.165) is 25.7 Å². The normalized spacial score (nSPS) is 29.8. The Kier molecular flexibility index (Phi) is 6.32. The maximum atomic E-state index is 8.71. The molecule has 0 bridgehead atoms. The number of aliphatic hydroxyl groups is 1. The lowest BCUT2D eigenvalue weighted by Crippen LogP contribution is -2.26. The zero-order valence-electron chi connectivity index (χ0n) is 10.7. The molecular weight excluding hydrogens is 204 g/mol. The molecule has 16 heavy (non-hydrogen) atoms. The Labute approximate surface area is 99.1 Å². The van der Waals surface area contributed by atoms with Crippen LogP contribution < -0.4 is 0 Å². The van der Waals surface area contributed by atoms with E-state index in [9.17, 15) is 0 Å². The molecule has 1 aliphatic rings. The molecule has 1 rings (SSSR count). The number of hydrogen-bond donors (Lipinski definition) is 1. The van der Waals surface area contributed by atoms with E-state index in [1.54, 1.807) is 0 Å². The molecule has 96 valence electrons. The van der Waals surface area contributed by atoms with Gasteiger partial charge in [-0.15, -0.1) is 0 Å². The fourth-order valence-corrected chi connectivity index (χ4v) is 2.14. The van der Waals surface area contributed by atoms with E-state index >= 15 is 0 Å². The van der Waals surface area contributed by atoms with Crippen LogP contribution in [0.2, 0.25) is 0 Å². The van der Waals surface area contributed by atoms with E-state index in [2.05, 4.69) is 13.8 Å². The van der Waals surface area contributed by atoms with E-state index in [1.807, 2.05) is 0 Å². The lowest BCUT2D eigenvalue weighted by atomic mass is 10.1. The van der Waals surface area contributed by atoms with Crippen molar-refractivity contribution in [1.29, 1.82) is 0 Å². The number of rotatable bonds is 8. The maximum absolute atomic E-state index is 8.71. The van der Waals surface area contributed by atoms with Crippen LogP contribution in [0.5, 0.6) is 0 Å². The smallest absolute Gasteiger partial charge is 0.166 e. The summed E-state index contributed by atoms with van der Waals surface area (Å²) in [6.45, 7) is 5.25. The monoisotopic (exact) mass is 230 g/mol. The summed E-state index contributed by atoms with van der Waals surface area (Å²) in [5.74, 6) is -0.348. The van der Waals surface area contributed by atoms with E-state index < -0.39 is 0 Å². The van der Waals surface area contributed by atoms with Crippen molar-refractivity contribution in [3.8, 4) is 0 Å². The van der Waals surface area contributed by atoms with Crippen molar-refractivity contribution < 1.29 is 14.6 Å². The summed E-state index contributed by atoms with van der Waals surface area (Å²) in [7, 11) is 0. The van der Waals surface area contributed by atoms with Crippen LogP contribution >= 0.6 is 0 Å². The van der Waals surface area contributed by atoms with Gasteiger partial charge >= 0.3 is 0 Å². The van der Waals surface area contributed by atoms with Gasteiger partial charge in [-0.3, -0.25) is 0 Å². The van der Waals surface area contributed by atoms with Gasteiger partial charge in [0.2, 0.25) is 0 Å². The predicted octanol–water partition coefficient (Wildman–Crippen LogP) is 2.86. The van der Waals surface area contributed by atoms with E-state index in [0.29, 0.717) is 6.61 Å². The van der Waals surface area contributed by atoms with Crippen LogP contribution in [0.1, 0.15) is 58.8 Å². The van der Waals surface area contributed by atoms with Gasteiger partial charge in [0.1, 0.15) is 0 Å². The summed E-state index contributed by atoms with van der Waals surface area (Å²) in [6.07, 6.45) is 7.78. The molecule has 1 aliphatic heterocycles. The van der Waals surface area contributed by atoms with Crippen LogP contribution in [0, 0.1) is 0 Å². The quantitative estimate of drug-likeness (QED) is 0.652. The van der Waals surface area contributed by atoms with Crippen molar-refractivity contribution in [2.75, 3.05) is 13.2 Å². The molecule has 2 unspecified atom stereocenters. The van der Waals surface area contributed by atoms with Gasteiger partial charge in [0.25, 0.3) is 0 Å². The summed E-state index contributed by atoms with van der Waals surface area (Å²) < 4.78 is 11.7. The molecule has 3 heteroatoms. The van der Waals surface area contributed by atoms with E-state index in [4.69, 9.17) is 14.6 Å². The molecular formula is C13H26O3. The molecule has 0 saturated carbocycles.